The van der Waals surface area contributed by atoms with E-state index in [2.05, 4.69) is 26.0 Å². The van der Waals surface area contributed by atoms with Gasteiger partial charge in [-0.3, -0.25) is 29.7 Å². The number of hydrogen-bond donors (Lipinski definition) is 2. The molecule has 2 aromatic rings. The van der Waals surface area contributed by atoms with Gasteiger partial charge in [0, 0.05) is 18.0 Å². The lowest BCUT2D eigenvalue weighted by Crippen LogP contribution is -2.51. The van der Waals surface area contributed by atoms with Gasteiger partial charge in [0.2, 0.25) is 17.6 Å². The van der Waals surface area contributed by atoms with Crippen LogP contribution in [0.1, 0.15) is 33.1 Å². The SMILES string of the molecule is CC(C)CC(C(=O)NNc1nc(-c2ccncc2)no1)N1C(=O)C2CC=CCC2C1=O. The highest BCUT2D eigenvalue weighted by molar-refractivity contribution is 6.08. The highest BCUT2D eigenvalue weighted by Crippen LogP contribution is 2.37. The van der Waals surface area contributed by atoms with E-state index in [9.17, 15) is 14.4 Å². The number of likely N-dealkylation sites (tertiary alicyclic amines) is 1. The average Bonchev–Trinajstić information content (AvgIpc) is 3.35. The van der Waals surface area contributed by atoms with Crippen molar-refractivity contribution in [1.29, 1.82) is 0 Å². The molecule has 0 saturated carbocycles. The van der Waals surface area contributed by atoms with Crippen LogP contribution in [-0.4, -0.2) is 43.8 Å². The third-order valence-corrected chi connectivity index (χ3v) is 5.51. The van der Waals surface area contributed by atoms with Crippen molar-refractivity contribution in [2.45, 2.75) is 39.2 Å². The van der Waals surface area contributed by atoms with Crippen LogP contribution in [0.5, 0.6) is 0 Å². The summed E-state index contributed by atoms with van der Waals surface area (Å²) in [5, 5.41) is 3.85. The number of anilines is 1. The normalized spacial score (nSPS) is 21.3. The van der Waals surface area contributed by atoms with Crippen LogP contribution < -0.4 is 10.9 Å². The molecule has 1 aliphatic heterocycles. The zero-order valence-corrected chi connectivity index (χ0v) is 17.3. The van der Waals surface area contributed by atoms with Gasteiger partial charge in [0.25, 0.3) is 5.91 Å². The van der Waals surface area contributed by atoms with E-state index >= 15 is 0 Å². The van der Waals surface area contributed by atoms with E-state index in [4.69, 9.17) is 4.52 Å². The zero-order chi connectivity index (χ0) is 22.0. The third-order valence-electron chi connectivity index (χ3n) is 5.51. The van der Waals surface area contributed by atoms with Crippen LogP contribution in [0.15, 0.2) is 41.2 Å². The number of pyridine rings is 1. The van der Waals surface area contributed by atoms with Crippen LogP contribution in [0.25, 0.3) is 11.4 Å². The fourth-order valence-corrected chi connectivity index (χ4v) is 4.00. The summed E-state index contributed by atoms with van der Waals surface area (Å²) in [6.45, 7) is 3.87. The molecule has 0 aromatic carbocycles. The Morgan fingerprint density at radius 1 is 1.16 bits per heavy atom. The van der Waals surface area contributed by atoms with Gasteiger partial charge in [-0.05, 0) is 37.3 Å². The molecule has 10 nitrogen and oxygen atoms in total. The lowest BCUT2D eigenvalue weighted by molar-refractivity contribution is -0.148. The van der Waals surface area contributed by atoms with E-state index in [1.165, 1.54) is 0 Å². The lowest BCUT2D eigenvalue weighted by atomic mass is 9.85. The maximum atomic E-state index is 13.0. The molecule has 3 unspecified atom stereocenters. The predicted molar refractivity (Wildman–Crippen MR) is 110 cm³/mol. The topological polar surface area (TPSA) is 130 Å². The first-order chi connectivity index (χ1) is 15.0. The van der Waals surface area contributed by atoms with Crippen LogP contribution in [0.2, 0.25) is 0 Å². The molecule has 4 rings (SSSR count). The van der Waals surface area contributed by atoms with Crippen molar-refractivity contribution in [3.8, 4) is 11.4 Å². The molecule has 31 heavy (non-hydrogen) atoms. The van der Waals surface area contributed by atoms with E-state index in [-0.39, 0.29) is 35.6 Å². The molecule has 3 atom stereocenters. The van der Waals surface area contributed by atoms with E-state index in [1.54, 1.807) is 24.5 Å². The number of rotatable bonds is 7. The third kappa shape index (κ3) is 4.18. The molecule has 3 amide bonds. The average molecular weight is 424 g/mol. The highest BCUT2D eigenvalue weighted by Gasteiger charge is 2.51. The first kappa shape index (κ1) is 20.7. The Labute approximate surface area is 179 Å². The van der Waals surface area contributed by atoms with Crippen molar-refractivity contribution in [1.82, 2.24) is 25.5 Å². The molecule has 1 fully saturated rings. The second-order valence-electron chi connectivity index (χ2n) is 8.12. The summed E-state index contributed by atoms with van der Waals surface area (Å²) in [7, 11) is 0. The molecule has 1 aliphatic carbocycles. The number of carbonyl (C=O) groups excluding carboxylic acids is 3. The number of fused-ring (bicyclic) bond motifs is 1. The van der Waals surface area contributed by atoms with Crippen LogP contribution >= 0.6 is 0 Å². The standard InChI is InChI=1S/C21H24N6O4/c1-12(2)11-16(27-19(29)14-5-3-4-6-15(14)20(27)30)18(28)24-25-21-23-17(26-31-21)13-7-9-22-10-8-13/h3-4,7-10,12,14-16H,5-6,11H2,1-2H3,(H,24,28)(H,23,25,26). The van der Waals surface area contributed by atoms with E-state index in [1.807, 2.05) is 26.0 Å². The monoisotopic (exact) mass is 424 g/mol. The molecule has 0 spiro atoms. The van der Waals surface area contributed by atoms with Gasteiger partial charge in [-0.2, -0.15) is 4.98 Å². The Bertz CT molecular complexity index is 976. The maximum Gasteiger partial charge on any atom is 0.340 e. The number of hydrogen-bond acceptors (Lipinski definition) is 8. The summed E-state index contributed by atoms with van der Waals surface area (Å²) in [6, 6.07) is 2.52. The number of allylic oxidation sites excluding steroid dienone is 2. The molecular weight excluding hydrogens is 400 g/mol. The highest BCUT2D eigenvalue weighted by atomic mass is 16.5. The van der Waals surface area contributed by atoms with Crippen molar-refractivity contribution in [3.05, 3.63) is 36.7 Å². The van der Waals surface area contributed by atoms with Gasteiger partial charge in [-0.15, -0.1) is 0 Å². The zero-order valence-electron chi connectivity index (χ0n) is 17.3. The maximum absolute atomic E-state index is 13.0. The second kappa shape index (κ2) is 8.66. The van der Waals surface area contributed by atoms with Crippen molar-refractivity contribution in [3.63, 3.8) is 0 Å². The number of imide groups is 1. The fraction of sp³-hybridized carbons (Fsp3) is 0.429. The Balaban J connectivity index is 1.46. The number of nitrogens with zero attached hydrogens (tertiary/aromatic N) is 4. The minimum Gasteiger partial charge on any atom is -0.313 e. The summed E-state index contributed by atoms with van der Waals surface area (Å²) in [6.07, 6.45) is 8.46. The Morgan fingerprint density at radius 2 is 1.81 bits per heavy atom. The molecule has 1 saturated heterocycles. The molecule has 162 valence electrons. The van der Waals surface area contributed by atoms with Gasteiger partial charge in [-0.1, -0.05) is 31.2 Å². The van der Waals surface area contributed by atoms with Crippen LogP contribution in [0.4, 0.5) is 6.01 Å². The Morgan fingerprint density at radius 3 is 2.42 bits per heavy atom. The summed E-state index contributed by atoms with van der Waals surface area (Å²) in [5.74, 6) is -1.40. The molecular formula is C21H24N6O4. The number of hydrazine groups is 1. The number of amides is 3. The van der Waals surface area contributed by atoms with Gasteiger partial charge in [0.15, 0.2) is 0 Å². The van der Waals surface area contributed by atoms with Crippen molar-refractivity contribution in [2.24, 2.45) is 17.8 Å². The smallest absolute Gasteiger partial charge is 0.313 e. The second-order valence-corrected chi connectivity index (χ2v) is 8.12. The largest absolute Gasteiger partial charge is 0.340 e. The Kier molecular flexibility index (Phi) is 5.79. The van der Waals surface area contributed by atoms with Gasteiger partial charge in [-0.25, -0.2) is 5.43 Å². The van der Waals surface area contributed by atoms with Crippen LogP contribution in [-0.2, 0) is 14.4 Å². The van der Waals surface area contributed by atoms with Gasteiger partial charge < -0.3 is 4.52 Å². The molecule has 10 heteroatoms. The molecule has 0 bridgehead atoms. The number of aromatic nitrogens is 3. The van der Waals surface area contributed by atoms with E-state index in [0.29, 0.717) is 30.7 Å². The fourth-order valence-electron chi connectivity index (χ4n) is 4.00. The lowest BCUT2D eigenvalue weighted by Gasteiger charge is -2.27. The molecule has 2 N–H and O–H groups in total. The first-order valence-corrected chi connectivity index (χ1v) is 10.3. The molecule has 3 heterocycles. The first-order valence-electron chi connectivity index (χ1n) is 10.3. The van der Waals surface area contributed by atoms with Gasteiger partial charge in [0.05, 0.1) is 11.8 Å². The summed E-state index contributed by atoms with van der Waals surface area (Å²) < 4.78 is 5.11. The Hall–Kier alpha value is -3.56. The molecule has 2 aliphatic rings. The van der Waals surface area contributed by atoms with E-state index < -0.39 is 11.9 Å². The predicted octanol–water partition coefficient (Wildman–Crippen LogP) is 1.94. The number of carbonyl (C=O) groups is 3. The van der Waals surface area contributed by atoms with Gasteiger partial charge in [0.1, 0.15) is 6.04 Å². The minimum absolute atomic E-state index is 0.0135. The summed E-state index contributed by atoms with van der Waals surface area (Å²) in [4.78, 5) is 48.1. The molecule has 0 radical (unpaired) electrons. The van der Waals surface area contributed by atoms with Crippen molar-refractivity contribution < 1.29 is 18.9 Å². The van der Waals surface area contributed by atoms with Gasteiger partial charge >= 0.3 is 6.01 Å². The van der Waals surface area contributed by atoms with Crippen LogP contribution in [0, 0.1) is 17.8 Å². The molecule has 2 aromatic heterocycles. The summed E-state index contributed by atoms with van der Waals surface area (Å²) in [5.41, 5.74) is 5.80. The van der Waals surface area contributed by atoms with E-state index in [0.717, 1.165) is 4.90 Å². The summed E-state index contributed by atoms with van der Waals surface area (Å²) >= 11 is 0. The minimum atomic E-state index is -0.916. The van der Waals surface area contributed by atoms with Crippen molar-refractivity contribution in [2.75, 3.05) is 5.43 Å². The number of nitrogens with one attached hydrogen (secondary N) is 2. The van der Waals surface area contributed by atoms with Crippen molar-refractivity contribution >= 4 is 23.7 Å². The van der Waals surface area contributed by atoms with Crippen LogP contribution in [0.3, 0.4) is 0 Å². The quantitative estimate of drug-likeness (QED) is 0.392.